The van der Waals surface area contributed by atoms with E-state index in [1.807, 2.05) is 0 Å². The van der Waals surface area contributed by atoms with Crippen LogP contribution in [0.1, 0.15) is 49.9 Å². The Balaban J connectivity index is 1.27. The lowest BCUT2D eigenvalue weighted by Crippen LogP contribution is -2.33. The van der Waals surface area contributed by atoms with E-state index >= 15 is 0 Å². The molecule has 3 heterocycles. The fraction of sp³-hybridized carbons (Fsp3) is 0.115. The summed E-state index contributed by atoms with van der Waals surface area (Å²) in [7, 11) is 0. The summed E-state index contributed by atoms with van der Waals surface area (Å²) in [5, 5.41) is 13.0. The molecule has 0 N–H and O–H groups in total. The van der Waals surface area contributed by atoms with Gasteiger partial charge < -0.3 is 4.57 Å². The summed E-state index contributed by atoms with van der Waals surface area (Å²) in [4.78, 5) is 0. The van der Waals surface area contributed by atoms with Crippen LogP contribution in [0.25, 0.3) is 92.8 Å². The SMILES string of the molecule is CC1(C)c2cccc3c2-n2c4c1cc(-c1cc5ccccc5c5ccccc15)cc4c1cc(-c4cc5ccccc5c5ccccc45)cc(c12)C3(C)C. The molecule has 2 aliphatic heterocycles. The third-order valence-corrected chi connectivity index (χ3v) is 13.1. The molecular formula is C52H37N. The zero-order valence-corrected chi connectivity index (χ0v) is 30.4. The van der Waals surface area contributed by atoms with Crippen molar-refractivity contribution in [1.82, 2.24) is 4.57 Å². The van der Waals surface area contributed by atoms with Crippen LogP contribution in [0.3, 0.4) is 0 Å². The molecule has 0 saturated heterocycles. The van der Waals surface area contributed by atoms with Crippen molar-refractivity contribution in [2.75, 3.05) is 0 Å². The molecule has 250 valence electrons. The summed E-state index contributed by atoms with van der Waals surface area (Å²) < 4.78 is 2.65. The predicted molar refractivity (Wildman–Crippen MR) is 226 cm³/mol. The molecule has 0 saturated carbocycles. The van der Waals surface area contributed by atoms with Crippen LogP contribution < -0.4 is 0 Å². The smallest absolute Gasteiger partial charge is 0.0582 e. The van der Waals surface area contributed by atoms with Gasteiger partial charge in [0.25, 0.3) is 0 Å². The van der Waals surface area contributed by atoms with Crippen LogP contribution >= 0.6 is 0 Å². The topological polar surface area (TPSA) is 4.93 Å². The number of benzene rings is 9. The van der Waals surface area contributed by atoms with Crippen LogP contribution in [-0.4, -0.2) is 4.57 Å². The van der Waals surface area contributed by atoms with Crippen LogP contribution in [0.15, 0.2) is 152 Å². The van der Waals surface area contributed by atoms with Crippen molar-refractivity contribution in [3.63, 3.8) is 0 Å². The van der Waals surface area contributed by atoms with Gasteiger partial charge in [-0.2, -0.15) is 0 Å². The van der Waals surface area contributed by atoms with Crippen molar-refractivity contribution >= 4 is 64.9 Å². The minimum absolute atomic E-state index is 0.193. The number of hydrogen-bond acceptors (Lipinski definition) is 0. The summed E-state index contributed by atoms with van der Waals surface area (Å²) in [6, 6.07) is 57.6. The molecule has 2 aliphatic rings. The Morgan fingerprint density at radius 1 is 0.340 bits per heavy atom. The molecule has 1 heteroatoms. The fourth-order valence-corrected chi connectivity index (χ4v) is 10.4. The molecule has 0 spiro atoms. The molecular weight excluding hydrogens is 639 g/mol. The van der Waals surface area contributed by atoms with Gasteiger partial charge in [0.2, 0.25) is 0 Å². The minimum Gasteiger partial charge on any atom is -0.308 e. The lowest BCUT2D eigenvalue weighted by Gasteiger charge is -2.42. The van der Waals surface area contributed by atoms with Gasteiger partial charge in [0.05, 0.1) is 16.7 Å². The molecule has 12 rings (SSSR count). The van der Waals surface area contributed by atoms with E-state index in [9.17, 15) is 0 Å². The Morgan fingerprint density at radius 2 is 0.736 bits per heavy atom. The molecule has 0 amide bonds. The van der Waals surface area contributed by atoms with Crippen LogP contribution in [0.2, 0.25) is 0 Å². The zero-order valence-electron chi connectivity index (χ0n) is 30.4. The molecule has 10 aromatic rings. The molecule has 0 aliphatic carbocycles. The molecule has 0 bridgehead atoms. The largest absolute Gasteiger partial charge is 0.308 e. The Bertz CT molecular complexity index is 3060. The number of rotatable bonds is 2. The number of nitrogens with zero attached hydrogens (tertiary/aromatic N) is 1. The summed E-state index contributed by atoms with van der Waals surface area (Å²) >= 11 is 0. The normalized spacial score (nSPS) is 15.1. The third-order valence-electron chi connectivity index (χ3n) is 13.1. The maximum absolute atomic E-state index is 2.65. The second-order valence-corrected chi connectivity index (χ2v) is 16.5. The molecule has 53 heavy (non-hydrogen) atoms. The van der Waals surface area contributed by atoms with Crippen molar-refractivity contribution in [1.29, 1.82) is 0 Å². The summed E-state index contributed by atoms with van der Waals surface area (Å²) in [6.07, 6.45) is 0. The molecule has 0 atom stereocenters. The highest BCUT2D eigenvalue weighted by Crippen LogP contribution is 2.57. The lowest BCUT2D eigenvalue weighted by molar-refractivity contribution is 0.594. The first kappa shape index (κ1) is 29.4. The van der Waals surface area contributed by atoms with E-state index in [1.165, 1.54) is 115 Å². The number of fused-ring (bicyclic) bond motifs is 7. The number of hydrogen-bond donors (Lipinski definition) is 0. The zero-order chi connectivity index (χ0) is 35.4. The third kappa shape index (κ3) is 3.62. The number of para-hydroxylation sites is 1. The maximum Gasteiger partial charge on any atom is 0.0582 e. The van der Waals surface area contributed by atoms with Crippen molar-refractivity contribution in [3.05, 3.63) is 174 Å². The van der Waals surface area contributed by atoms with E-state index < -0.39 is 0 Å². The second kappa shape index (κ2) is 9.82. The molecule has 0 radical (unpaired) electrons. The summed E-state index contributed by atoms with van der Waals surface area (Å²) in [6.45, 7) is 9.76. The van der Waals surface area contributed by atoms with E-state index in [2.05, 4.69) is 184 Å². The van der Waals surface area contributed by atoms with Crippen molar-refractivity contribution < 1.29 is 0 Å². The van der Waals surface area contributed by atoms with Gasteiger partial charge in [0, 0.05) is 21.6 Å². The molecule has 0 unspecified atom stereocenters. The van der Waals surface area contributed by atoms with E-state index in [4.69, 9.17) is 0 Å². The standard InChI is InChI=1S/C52H37N/c1-51(2)44-22-13-23-45-50(44)53-48-42(26-32(28-46(48)51)40-24-30-14-5-7-16-34(30)36-18-9-11-20-38(36)40)43-27-33(29-47(49(43)53)52(45,3)4)41-25-31-15-6-8-17-35(31)37-19-10-12-21-39(37)41/h5-29H,1-4H3. The Labute approximate surface area is 308 Å². The van der Waals surface area contributed by atoms with Crippen LogP contribution in [0, 0.1) is 0 Å². The van der Waals surface area contributed by atoms with Gasteiger partial charge in [-0.25, -0.2) is 0 Å². The molecule has 9 aromatic carbocycles. The monoisotopic (exact) mass is 675 g/mol. The second-order valence-electron chi connectivity index (χ2n) is 16.5. The maximum atomic E-state index is 2.65. The van der Waals surface area contributed by atoms with Gasteiger partial charge in [-0.3, -0.25) is 0 Å². The van der Waals surface area contributed by atoms with E-state index in [1.54, 1.807) is 0 Å². The highest BCUT2D eigenvalue weighted by molar-refractivity contribution is 6.20. The number of aromatic nitrogens is 1. The predicted octanol–water partition coefficient (Wildman–Crippen LogP) is 14.0. The average molecular weight is 676 g/mol. The Morgan fingerprint density at radius 3 is 1.19 bits per heavy atom. The van der Waals surface area contributed by atoms with E-state index in [0.717, 1.165) is 0 Å². The molecule has 1 nitrogen and oxygen atoms in total. The fourth-order valence-electron chi connectivity index (χ4n) is 10.4. The van der Waals surface area contributed by atoms with Crippen LogP contribution in [0.5, 0.6) is 0 Å². The van der Waals surface area contributed by atoms with Gasteiger partial charge in [0.1, 0.15) is 0 Å². The van der Waals surface area contributed by atoms with Gasteiger partial charge in [-0.1, -0.05) is 143 Å². The van der Waals surface area contributed by atoms with Crippen LogP contribution in [-0.2, 0) is 10.8 Å². The first-order valence-electron chi connectivity index (χ1n) is 18.9. The summed E-state index contributed by atoms with van der Waals surface area (Å²) in [5.74, 6) is 0. The average Bonchev–Trinajstić information content (AvgIpc) is 3.52. The van der Waals surface area contributed by atoms with Gasteiger partial charge in [-0.05, 0) is 124 Å². The quantitative estimate of drug-likeness (QED) is 0.161. The van der Waals surface area contributed by atoms with Crippen molar-refractivity contribution in [2.24, 2.45) is 0 Å². The van der Waals surface area contributed by atoms with Crippen molar-refractivity contribution in [2.45, 2.75) is 38.5 Å². The molecule has 0 fully saturated rings. The van der Waals surface area contributed by atoms with Crippen LogP contribution in [0.4, 0.5) is 0 Å². The minimum atomic E-state index is -0.193. The highest BCUT2D eigenvalue weighted by Gasteiger charge is 2.43. The van der Waals surface area contributed by atoms with Gasteiger partial charge in [0.15, 0.2) is 0 Å². The van der Waals surface area contributed by atoms with E-state index in [0.29, 0.717) is 0 Å². The molecule has 1 aromatic heterocycles. The van der Waals surface area contributed by atoms with E-state index in [-0.39, 0.29) is 10.8 Å². The highest BCUT2D eigenvalue weighted by atomic mass is 15.0. The Kier molecular flexibility index (Phi) is 5.45. The first-order valence-corrected chi connectivity index (χ1v) is 18.9. The summed E-state index contributed by atoms with van der Waals surface area (Å²) in [5.41, 5.74) is 14.5. The lowest BCUT2D eigenvalue weighted by atomic mass is 9.68. The van der Waals surface area contributed by atoms with Crippen molar-refractivity contribution in [3.8, 4) is 27.9 Å². The van der Waals surface area contributed by atoms with Gasteiger partial charge in [-0.15, -0.1) is 0 Å². The first-order chi connectivity index (χ1) is 25.8. The Hall–Kier alpha value is -6.18. The van der Waals surface area contributed by atoms with Gasteiger partial charge >= 0.3 is 0 Å².